The molecule has 0 saturated heterocycles. The van der Waals surface area contributed by atoms with Crippen LogP contribution in [0, 0.1) is 13.8 Å². The molecule has 0 fully saturated rings. The molecule has 92 valence electrons. The van der Waals surface area contributed by atoms with Crippen molar-refractivity contribution in [2.45, 2.75) is 13.8 Å². The Labute approximate surface area is 108 Å². The number of methoxy groups -OCH3 is 1. The topological polar surface area (TPSA) is 21.6 Å². The quantitative estimate of drug-likeness (QED) is 0.740. The lowest BCUT2D eigenvalue weighted by atomic mass is 10.1. The molecule has 0 saturated carbocycles. The number of ether oxygens (including phenoxy) is 1. The minimum absolute atomic E-state index is 0.848. The SMILES string of the molecule is COc1ccc(N=Cc2ccc(C)cc2C)cc1. The monoisotopic (exact) mass is 239 g/mol. The van der Waals surface area contributed by atoms with E-state index < -0.39 is 0 Å². The smallest absolute Gasteiger partial charge is 0.119 e. The highest BCUT2D eigenvalue weighted by atomic mass is 16.5. The number of hydrogen-bond donors (Lipinski definition) is 0. The molecule has 2 nitrogen and oxygen atoms in total. The van der Waals surface area contributed by atoms with Gasteiger partial charge in [0.2, 0.25) is 0 Å². The summed E-state index contributed by atoms with van der Waals surface area (Å²) in [5.41, 5.74) is 4.59. The van der Waals surface area contributed by atoms with Gasteiger partial charge in [-0.15, -0.1) is 0 Å². The molecule has 2 aromatic rings. The van der Waals surface area contributed by atoms with E-state index in [2.05, 4.69) is 37.0 Å². The van der Waals surface area contributed by atoms with Gasteiger partial charge in [0.1, 0.15) is 5.75 Å². The van der Waals surface area contributed by atoms with Crippen molar-refractivity contribution in [3.63, 3.8) is 0 Å². The molecule has 2 aromatic carbocycles. The number of aliphatic imine (C=N–C) groups is 1. The predicted molar refractivity (Wildman–Crippen MR) is 76.2 cm³/mol. The molecule has 0 spiro atoms. The summed E-state index contributed by atoms with van der Waals surface area (Å²) in [5, 5.41) is 0. The van der Waals surface area contributed by atoms with Gasteiger partial charge < -0.3 is 4.74 Å². The van der Waals surface area contributed by atoms with Crippen molar-refractivity contribution in [3.8, 4) is 5.75 Å². The summed E-state index contributed by atoms with van der Waals surface area (Å²) in [6.07, 6.45) is 1.90. The van der Waals surface area contributed by atoms with Crippen LogP contribution in [0.2, 0.25) is 0 Å². The standard InChI is InChI=1S/C16H17NO/c1-12-4-5-14(13(2)10-12)11-17-15-6-8-16(18-3)9-7-15/h4-11H,1-3H3. The molecule has 0 bridgehead atoms. The number of nitrogens with zero attached hydrogens (tertiary/aromatic N) is 1. The van der Waals surface area contributed by atoms with Gasteiger partial charge in [0.05, 0.1) is 12.8 Å². The van der Waals surface area contributed by atoms with Crippen molar-refractivity contribution in [3.05, 3.63) is 59.2 Å². The predicted octanol–water partition coefficient (Wildman–Crippen LogP) is 4.06. The van der Waals surface area contributed by atoms with Gasteiger partial charge in [0.15, 0.2) is 0 Å². The molecule has 0 N–H and O–H groups in total. The van der Waals surface area contributed by atoms with Gasteiger partial charge >= 0.3 is 0 Å². The van der Waals surface area contributed by atoms with E-state index in [0.717, 1.165) is 17.0 Å². The lowest BCUT2D eigenvalue weighted by molar-refractivity contribution is 0.415. The fourth-order valence-electron chi connectivity index (χ4n) is 1.78. The number of aryl methyl sites for hydroxylation is 2. The Hall–Kier alpha value is -2.09. The molecule has 0 aromatic heterocycles. The van der Waals surface area contributed by atoms with E-state index in [1.165, 1.54) is 11.1 Å². The molecular weight excluding hydrogens is 222 g/mol. The average molecular weight is 239 g/mol. The number of rotatable bonds is 3. The first-order valence-electron chi connectivity index (χ1n) is 5.94. The summed E-state index contributed by atoms with van der Waals surface area (Å²) in [4.78, 5) is 4.46. The van der Waals surface area contributed by atoms with E-state index in [4.69, 9.17) is 4.74 Å². The Balaban J connectivity index is 2.19. The molecule has 2 rings (SSSR count). The van der Waals surface area contributed by atoms with Crippen LogP contribution in [-0.2, 0) is 0 Å². The third kappa shape index (κ3) is 2.98. The van der Waals surface area contributed by atoms with Crippen molar-refractivity contribution in [1.29, 1.82) is 0 Å². The van der Waals surface area contributed by atoms with Gasteiger partial charge in [-0.05, 0) is 49.2 Å². The summed E-state index contributed by atoms with van der Waals surface area (Å²) in [6, 6.07) is 14.1. The fraction of sp³-hybridized carbons (Fsp3) is 0.188. The van der Waals surface area contributed by atoms with Crippen LogP contribution >= 0.6 is 0 Å². The maximum absolute atomic E-state index is 5.11. The Kier molecular flexibility index (Phi) is 3.78. The fourth-order valence-corrected chi connectivity index (χ4v) is 1.78. The molecule has 18 heavy (non-hydrogen) atoms. The second-order valence-corrected chi connectivity index (χ2v) is 4.32. The lowest BCUT2D eigenvalue weighted by Gasteiger charge is -2.02. The highest BCUT2D eigenvalue weighted by Crippen LogP contribution is 2.18. The molecule has 0 radical (unpaired) electrons. The molecule has 0 atom stereocenters. The number of benzene rings is 2. The van der Waals surface area contributed by atoms with Crippen LogP contribution in [0.25, 0.3) is 0 Å². The maximum atomic E-state index is 5.11. The first-order chi connectivity index (χ1) is 8.69. The van der Waals surface area contributed by atoms with Crippen molar-refractivity contribution in [2.75, 3.05) is 7.11 Å². The van der Waals surface area contributed by atoms with E-state index in [1.54, 1.807) is 7.11 Å². The summed E-state index contributed by atoms with van der Waals surface area (Å²) in [5.74, 6) is 0.848. The van der Waals surface area contributed by atoms with Crippen LogP contribution < -0.4 is 4.74 Å². The highest BCUT2D eigenvalue weighted by molar-refractivity contribution is 5.83. The minimum Gasteiger partial charge on any atom is -0.497 e. The largest absolute Gasteiger partial charge is 0.497 e. The Morgan fingerprint density at radius 2 is 1.72 bits per heavy atom. The maximum Gasteiger partial charge on any atom is 0.119 e. The summed E-state index contributed by atoms with van der Waals surface area (Å²) in [7, 11) is 1.66. The zero-order valence-corrected chi connectivity index (χ0v) is 11.0. The van der Waals surface area contributed by atoms with Gasteiger partial charge in [0.25, 0.3) is 0 Å². The second kappa shape index (κ2) is 5.50. The van der Waals surface area contributed by atoms with E-state index >= 15 is 0 Å². The van der Waals surface area contributed by atoms with Crippen molar-refractivity contribution < 1.29 is 4.74 Å². The van der Waals surface area contributed by atoms with Crippen LogP contribution in [0.3, 0.4) is 0 Å². The summed E-state index contributed by atoms with van der Waals surface area (Å²) >= 11 is 0. The third-order valence-electron chi connectivity index (χ3n) is 2.85. The summed E-state index contributed by atoms with van der Waals surface area (Å²) in [6.45, 7) is 4.19. The van der Waals surface area contributed by atoms with E-state index in [1.807, 2.05) is 30.5 Å². The third-order valence-corrected chi connectivity index (χ3v) is 2.85. The van der Waals surface area contributed by atoms with Gasteiger partial charge in [0, 0.05) is 6.21 Å². The van der Waals surface area contributed by atoms with E-state index in [9.17, 15) is 0 Å². The first kappa shape index (κ1) is 12.4. The molecule has 0 amide bonds. The average Bonchev–Trinajstić information content (AvgIpc) is 2.38. The molecule has 0 aliphatic carbocycles. The number of hydrogen-bond acceptors (Lipinski definition) is 2. The molecule has 0 aliphatic rings. The van der Waals surface area contributed by atoms with E-state index in [-0.39, 0.29) is 0 Å². The second-order valence-electron chi connectivity index (χ2n) is 4.32. The van der Waals surface area contributed by atoms with Crippen molar-refractivity contribution >= 4 is 11.9 Å². The van der Waals surface area contributed by atoms with Crippen molar-refractivity contribution in [1.82, 2.24) is 0 Å². The Morgan fingerprint density at radius 1 is 1.00 bits per heavy atom. The molecule has 2 heteroatoms. The van der Waals surface area contributed by atoms with Crippen LogP contribution in [0.4, 0.5) is 5.69 Å². The van der Waals surface area contributed by atoms with Crippen LogP contribution in [0.5, 0.6) is 5.75 Å². The summed E-state index contributed by atoms with van der Waals surface area (Å²) < 4.78 is 5.11. The van der Waals surface area contributed by atoms with Crippen LogP contribution in [-0.4, -0.2) is 13.3 Å². The molecule has 0 aliphatic heterocycles. The Bertz CT molecular complexity index is 556. The normalized spacial score (nSPS) is 10.8. The molecule has 0 heterocycles. The van der Waals surface area contributed by atoms with Gasteiger partial charge in [-0.1, -0.05) is 23.8 Å². The zero-order valence-electron chi connectivity index (χ0n) is 11.0. The minimum atomic E-state index is 0.848. The Morgan fingerprint density at radius 3 is 2.33 bits per heavy atom. The van der Waals surface area contributed by atoms with Crippen LogP contribution in [0.15, 0.2) is 47.5 Å². The lowest BCUT2D eigenvalue weighted by Crippen LogP contribution is -1.87. The van der Waals surface area contributed by atoms with Crippen molar-refractivity contribution in [2.24, 2.45) is 4.99 Å². The molecule has 0 unspecified atom stereocenters. The molecular formula is C16H17NO. The van der Waals surface area contributed by atoms with Gasteiger partial charge in [-0.3, -0.25) is 4.99 Å². The van der Waals surface area contributed by atoms with Gasteiger partial charge in [-0.2, -0.15) is 0 Å². The van der Waals surface area contributed by atoms with E-state index in [0.29, 0.717) is 0 Å². The first-order valence-corrected chi connectivity index (χ1v) is 5.94. The highest BCUT2D eigenvalue weighted by Gasteiger charge is 1.95. The zero-order chi connectivity index (χ0) is 13.0. The van der Waals surface area contributed by atoms with Crippen LogP contribution in [0.1, 0.15) is 16.7 Å². The van der Waals surface area contributed by atoms with Gasteiger partial charge in [-0.25, -0.2) is 0 Å².